The van der Waals surface area contributed by atoms with E-state index in [9.17, 15) is 9.00 Å². The van der Waals surface area contributed by atoms with Crippen molar-refractivity contribution in [1.29, 1.82) is 0 Å². The molecule has 0 saturated carbocycles. The Morgan fingerprint density at radius 2 is 1.89 bits per heavy atom. The molecule has 0 spiro atoms. The Hall–Kier alpha value is -1.20. The van der Waals surface area contributed by atoms with Crippen LogP contribution in [0.3, 0.4) is 0 Å². The van der Waals surface area contributed by atoms with Gasteiger partial charge in [-0.2, -0.15) is 0 Å². The Bertz CT molecular complexity index is 443. The SMILES string of the molecule is CCN(CCO)C(=O)c1ccc(S(=O)C(C)C)cc1. The van der Waals surface area contributed by atoms with Crippen molar-refractivity contribution in [3.63, 3.8) is 0 Å². The topological polar surface area (TPSA) is 57.6 Å². The molecule has 0 aliphatic rings. The normalized spacial score (nSPS) is 12.5. The number of nitrogens with zero attached hydrogens (tertiary/aromatic N) is 1. The lowest BCUT2D eigenvalue weighted by molar-refractivity contribution is 0.0732. The molecule has 1 atom stereocenters. The first-order valence-corrected chi connectivity index (χ1v) is 7.63. The molecule has 0 heterocycles. The molecular formula is C14H21NO3S. The molecule has 1 unspecified atom stereocenters. The number of benzene rings is 1. The van der Waals surface area contributed by atoms with Crippen LogP contribution in [0.25, 0.3) is 0 Å². The maximum atomic E-state index is 12.1. The molecule has 0 radical (unpaired) electrons. The summed E-state index contributed by atoms with van der Waals surface area (Å²) in [6.45, 7) is 6.50. The largest absolute Gasteiger partial charge is 0.395 e. The summed E-state index contributed by atoms with van der Waals surface area (Å²) < 4.78 is 11.9. The summed E-state index contributed by atoms with van der Waals surface area (Å²) in [6, 6.07) is 6.85. The van der Waals surface area contributed by atoms with Crippen molar-refractivity contribution >= 4 is 16.7 Å². The fourth-order valence-corrected chi connectivity index (χ4v) is 2.66. The average molecular weight is 283 g/mol. The predicted octanol–water partition coefficient (Wildman–Crippen LogP) is 1.66. The van der Waals surface area contributed by atoms with Crippen LogP contribution in [0, 0.1) is 0 Å². The number of carbonyl (C=O) groups excluding carboxylic acids is 1. The lowest BCUT2D eigenvalue weighted by atomic mass is 10.2. The maximum Gasteiger partial charge on any atom is 0.253 e. The van der Waals surface area contributed by atoms with Crippen LogP contribution in [0.15, 0.2) is 29.2 Å². The minimum Gasteiger partial charge on any atom is -0.395 e. The minimum absolute atomic E-state index is 0.0466. The highest BCUT2D eigenvalue weighted by molar-refractivity contribution is 7.85. The summed E-state index contributed by atoms with van der Waals surface area (Å²) in [5.74, 6) is -0.113. The molecule has 1 amide bonds. The highest BCUT2D eigenvalue weighted by atomic mass is 32.2. The van der Waals surface area contributed by atoms with Gasteiger partial charge in [-0.05, 0) is 31.2 Å². The number of aliphatic hydroxyl groups is 1. The van der Waals surface area contributed by atoms with E-state index in [1.807, 2.05) is 20.8 Å². The van der Waals surface area contributed by atoms with Crippen molar-refractivity contribution in [2.24, 2.45) is 0 Å². The van der Waals surface area contributed by atoms with Crippen LogP contribution < -0.4 is 0 Å². The number of likely N-dealkylation sites (N-methyl/N-ethyl adjacent to an activating group) is 1. The van der Waals surface area contributed by atoms with Gasteiger partial charge in [-0.1, -0.05) is 13.8 Å². The van der Waals surface area contributed by atoms with Gasteiger partial charge in [0.1, 0.15) is 0 Å². The van der Waals surface area contributed by atoms with E-state index >= 15 is 0 Å². The Kier molecular flexibility index (Phi) is 6.18. The van der Waals surface area contributed by atoms with Crippen molar-refractivity contribution < 1.29 is 14.1 Å². The molecule has 106 valence electrons. The highest BCUT2D eigenvalue weighted by Gasteiger charge is 2.14. The van der Waals surface area contributed by atoms with E-state index in [0.29, 0.717) is 18.7 Å². The van der Waals surface area contributed by atoms with Gasteiger partial charge in [-0.25, -0.2) is 0 Å². The minimum atomic E-state index is -1.04. The molecule has 5 heteroatoms. The second-order valence-electron chi connectivity index (χ2n) is 4.48. The molecule has 19 heavy (non-hydrogen) atoms. The smallest absolute Gasteiger partial charge is 0.253 e. The van der Waals surface area contributed by atoms with Crippen LogP contribution in [-0.4, -0.2) is 45.1 Å². The third-order valence-electron chi connectivity index (χ3n) is 2.80. The molecule has 0 saturated heterocycles. The lowest BCUT2D eigenvalue weighted by Gasteiger charge is -2.19. The van der Waals surface area contributed by atoms with Crippen LogP contribution in [0.5, 0.6) is 0 Å². The van der Waals surface area contributed by atoms with Gasteiger partial charge >= 0.3 is 0 Å². The number of carbonyl (C=O) groups is 1. The molecule has 0 aliphatic carbocycles. The Morgan fingerprint density at radius 3 is 2.32 bits per heavy atom. The van der Waals surface area contributed by atoms with E-state index in [0.717, 1.165) is 4.90 Å². The summed E-state index contributed by atoms with van der Waals surface area (Å²) in [5, 5.41) is 8.97. The monoisotopic (exact) mass is 283 g/mol. The number of amides is 1. The second kappa shape index (κ2) is 7.40. The first-order chi connectivity index (χ1) is 9.01. The summed E-state index contributed by atoms with van der Waals surface area (Å²) in [6.07, 6.45) is 0. The molecule has 1 aromatic rings. The lowest BCUT2D eigenvalue weighted by Crippen LogP contribution is -2.33. The van der Waals surface area contributed by atoms with E-state index in [1.165, 1.54) is 0 Å². The molecule has 0 aromatic heterocycles. The molecule has 0 fully saturated rings. The summed E-state index contributed by atoms with van der Waals surface area (Å²) in [7, 11) is -1.04. The zero-order chi connectivity index (χ0) is 14.4. The van der Waals surface area contributed by atoms with Gasteiger partial charge in [0.15, 0.2) is 0 Å². The third-order valence-corrected chi connectivity index (χ3v) is 4.39. The molecule has 4 nitrogen and oxygen atoms in total. The van der Waals surface area contributed by atoms with Gasteiger partial charge in [0, 0.05) is 28.8 Å². The van der Waals surface area contributed by atoms with E-state index in [-0.39, 0.29) is 17.8 Å². The number of rotatable bonds is 6. The summed E-state index contributed by atoms with van der Waals surface area (Å²) in [5.41, 5.74) is 0.555. The summed E-state index contributed by atoms with van der Waals surface area (Å²) in [4.78, 5) is 14.4. The fraction of sp³-hybridized carbons (Fsp3) is 0.500. The average Bonchev–Trinajstić information content (AvgIpc) is 2.43. The number of aliphatic hydroxyl groups excluding tert-OH is 1. The van der Waals surface area contributed by atoms with E-state index in [2.05, 4.69) is 0 Å². The first kappa shape index (κ1) is 15.9. The molecule has 1 aromatic carbocycles. The first-order valence-electron chi connectivity index (χ1n) is 6.42. The number of hydrogen-bond acceptors (Lipinski definition) is 3. The zero-order valence-corrected chi connectivity index (χ0v) is 12.4. The van der Waals surface area contributed by atoms with Crippen molar-refractivity contribution in [3.05, 3.63) is 29.8 Å². The second-order valence-corrected chi connectivity index (χ2v) is 6.49. The Morgan fingerprint density at radius 1 is 1.32 bits per heavy atom. The van der Waals surface area contributed by atoms with Crippen molar-refractivity contribution in [2.45, 2.75) is 30.9 Å². The standard InChI is InChI=1S/C14H21NO3S/c1-4-15(9-10-16)14(17)12-5-7-13(8-6-12)19(18)11(2)3/h5-8,11,16H,4,9-10H2,1-3H3. The van der Waals surface area contributed by atoms with Crippen molar-refractivity contribution in [3.8, 4) is 0 Å². The van der Waals surface area contributed by atoms with Gasteiger partial charge in [0.2, 0.25) is 0 Å². The van der Waals surface area contributed by atoms with Crippen molar-refractivity contribution in [1.82, 2.24) is 4.90 Å². The van der Waals surface area contributed by atoms with Crippen LogP contribution >= 0.6 is 0 Å². The van der Waals surface area contributed by atoms with Crippen molar-refractivity contribution in [2.75, 3.05) is 19.7 Å². The Labute approximate surface area is 116 Å². The molecule has 1 rings (SSSR count). The predicted molar refractivity (Wildman–Crippen MR) is 76.6 cm³/mol. The molecular weight excluding hydrogens is 262 g/mol. The fourth-order valence-electron chi connectivity index (χ4n) is 1.71. The van der Waals surface area contributed by atoms with Gasteiger partial charge in [0.25, 0.3) is 5.91 Å². The molecule has 1 N–H and O–H groups in total. The molecule has 0 aliphatic heterocycles. The van der Waals surface area contributed by atoms with E-state index in [1.54, 1.807) is 29.2 Å². The maximum absolute atomic E-state index is 12.1. The highest BCUT2D eigenvalue weighted by Crippen LogP contribution is 2.13. The van der Waals surface area contributed by atoms with Crippen LogP contribution in [0.2, 0.25) is 0 Å². The van der Waals surface area contributed by atoms with Crippen LogP contribution in [0.1, 0.15) is 31.1 Å². The number of hydrogen-bond donors (Lipinski definition) is 1. The zero-order valence-electron chi connectivity index (χ0n) is 11.6. The van der Waals surface area contributed by atoms with Gasteiger partial charge in [0.05, 0.1) is 17.4 Å². The van der Waals surface area contributed by atoms with Gasteiger partial charge in [-0.15, -0.1) is 0 Å². The van der Waals surface area contributed by atoms with Crippen LogP contribution in [0.4, 0.5) is 0 Å². The van der Waals surface area contributed by atoms with Crippen LogP contribution in [-0.2, 0) is 10.8 Å². The Balaban J connectivity index is 2.86. The van der Waals surface area contributed by atoms with E-state index < -0.39 is 10.8 Å². The quantitative estimate of drug-likeness (QED) is 0.864. The van der Waals surface area contributed by atoms with Gasteiger partial charge < -0.3 is 10.0 Å². The summed E-state index contributed by atoms with van der Waals surface area (Å²) >= 11 is 0. The van der Waals surface area contributed by atoms with E-state index in [4.69, 9.17) is 5.11 Å². The van der Waals surface area contributed by atoms with Gasteiger partial charge in [-0.3, -0.25) is 9.00 Å². The third kappa shape index (κ3) is 4.14. The molecule has 0 bridgehead atoms.